The summed E-state index contributed by atoms with van der Waals surface area (Å²) in [7, 11) is 0. The highest BCUT2D eigenvalue weighted by Gasteiger charge is 2.09. The van der Waals surface area contributed by atoms with Crippen molar-refractivity contribution in [1.82, 2.24) is 0 Å². The standard InChI is InChI=1S/C10H18S/c1-6-7-10(8(2)3)11-9(4)5/h6,9-10H,1-2,7H2,3-5H3. The van der Waals surface area contributed by atoms with Gasteiger partial charge in [0.2, 0.25) is 0 Å². The Morgan fingerprint density at radius 3 is 2.36 bits per heavy atom. The van der Waals surface area contributed by atoms with E-state index in [1.54, 1.807) is 0 Å². The van der Waals surface area contributed by atoms with Gasteiger partial charge in [-0.05, 0) is 18.6 Å². The van der Waals surface area contributed by atoms with Crippen molar-refractivity contribution in [3.05, 3.63) is 24.8 Å². The molecule has 0 fully saturated rings. The molecule has 0 bridgehead atoms. The summed E-state index contributed by atoms with van der Waals surface area (Å²) in [6.07, 6.45) is 3.01. The topological polar surface area (TPSA) is 0 Å². The van der Waals surface area contributed by atoms with Gasteiger partial charge in [0.05, 0.1) is 0 Å². The molecule has 0 aliphatic heterocycles. The number of hydrogen-bond acceptors (Lipinski definition) is 1. The van der Waals surface area contributed by atoms with Crippen LogP contribution in [0.3, 0.4) is 0 Å². The largest absolute Gasteiger partial charge is 0.151 e. The highest BCUT2D eigenvalue weighted by molar-refractivity contribution is 8.00. The lowest BCUT2D eigenvalue weighted by atomic mass is 10.2. The van der Waals surface area contributed by atoms with Gasteiger partial charge >= 0.3 is 0 Å². The van der Waals surface area contributed by atoms with Crippen LogP contribution in [0.1, 0.15) is 27.2 Å². The van der Waals surface area contributed by atoms with Crippen LogP contribution < -0.4 is 0 Å². The van der Waals surface area contributed by atoms with Crippen LogP contribution >= 0.6 is 11.8 Å². The predicted octanol–water partition coefficient (Wildman–Crippen LogP) is 3.65. The molecule has 11 heavy (non-hydrogen) atoms. The van der Waals surface area contributed by atoms with E-state index in [-0.39, 0.29) is 0 Å². The van der Waals surface area contributed by atoms with Crippen LogP contribution in [0.25, 0.3) is 0 Å². The first-order chi connectivity index (χ1) is 5.07. The molecule has 0 rings (SSSR count). The van der Waals surface area contributed by atoms with Gasteiger partial charge < -0.3 is 0 Å². The van der Waals surface area contributed by atoms with Crippen molar-refractivity contribution in [2.45, 2.75) is 37.7 Å². The van der Waals surface area contributed by atoms with Gasteiger partial charge in [0.1, 0.15) is 0 Å². The van der Waals surface area contributed by atoms with Crippen molar-refractivity contribution in [3.8, 4) is 0 Å². The fourth-order valence-corrected chi connectivity index (χ4v) is 1.99. The zero-order chi connectivity index (χ0) is 8.85. The number of allylic oxidation sites excluding steroid dienone is 1. The summed E-state index contributed by atoms with van der Waals surface area (Å²) < 4.78 is 0. The third-order valence-electron chi connectivity index (χ3n) is 1.37. The molecule has 0 N–H and O–H groups in total. The van der Waals surface area contributed by atoms with E-state index in [1.807, 2.05) is 17.8 Å². The zero-order valence-electron chi connectivity index (χ0n) is 7.76. The average Bonchev–Trinajstić information content (AvgIpc) is 1.86. The number of thioether (sulfide) groups is 1. The van der Waals surface area contributed by atoms with E-state index < -0.39 is 0 Å². The molecule has 1 heteroatoms. The summed E-state index contributed by atoms with van der Waals surface area (Å²) in [4.78, 5) is 0. The number of hydrogen-bond donors (Lipinski definition) is 0. The van der Waals surface area contributed by atoms with Crippen LogP contribution in [0.2, 0.25) is 0 Å². The van der Waals surface area contributed by atoms with Gasteiger partial charge in [0.15, 0.2) is 0 Å². The summed E-state index contributed by atoms with van der Waals surface area (Å²) in [6, 6.07) is 0. The van der Waals surface area contributed by atoms with E-state index in [9.17, 15) is 0 Å². The first-order valence-electron chi connectivity index (χ1n) is 3.99. The summed E-state index contributed by atoms with van der Waals surface area (Å²) in [5, 5.41) is 1.24. The monoisotopic (exact) mass is 170 g/mol. The van der Waals surface area contributed by atoms with E-state index >= 15 is 0 Å². The molecule has 0 radical (unpaired) electrons. The van der Waals surface area contributed by atoms with Crippen molar-refractivity contribution < 1.29 is 0 Å². The number of rotatable bonds is 5. The molecule has 0 saturated heterocycles. The predicted molar refractivity (Wildman–Crippen MR) is 56.1 cm³/mol. The summed E-state index contributed by atoms with van der Waals surface area (Å²) in [5.41, 5.74) is 1.25. The molecule has 0 nitrogen and oxygen atoms in total. The highest BCUT2D eigenvalue weighted by Crippen LogP contribution is 2.25. The van der Waals surface area contributed by atoms with Crippen LogP contribution in [-0.2, 0) is 0 Å². The van der Waals surface area contributed by atoms with Crippen molar-refractivity contribution >= 4 is 11.8 Å². The molecule has 1 unspecified atom stereocenters. The van der Waals surface area contributed by atoms with Gasteiger partial charge in [-0.1, -0.05) is 32.1 Å². The van der Waals surface area contributed by atoms with Gasteiger partial charge in [-0.15, -0.1) is 6.58 Å². The second-order valence-corrected chi connectivity index (χ2v) is 4.83. The molecular formula is C10H18S. The maximum Gasteiger partial charge on any atom is 0.0288 e. The minimum Gasteiger partial charge on any atom is -0.151 e. The van der Waals surface area contributed by atoms with Crippen molar-refractivity contribution in [2.75, 3.05) is 0 Å². The Labute approximate surface area is 74.8 Å². The average molecular weight is 170 g/mol. The molecule has 0 heterocycles. The van der Waals surface area contributed by atoms with Gasteiger partial charge in [0.25, 0.3) is 0 Å². The lowest BCUT2D eigenvalue weighted by molar-refractivity contribution is 0.984. The third kappa shape index (κ3) is 5.14. The van der Waals surface area contributed by atoms with E-state index in [4.69, 9.17) is 0 Å². The van der Waals surface area contributed by atoms with E-state index in [0.29, 0.717) is 10.5 Å². The fourth-order valence-electron chi connectivity index (χ4n) is 0.853. The second-order valence-electron chi connectivity index (χ2n) is 3.04. The molecule has 0 saturated carbocycles. The molecule has 1 atom stereocenters. The molecule has 0 aromatic rings. The maximum absolute atomic E-state index is 3.96. The summed E-state index contributed by atoms with van der Waals surface area (Å²) >= 11 is 1.96. The van der Waals surface area contributed by atoms with Gasteiger partial charge in [-0.2, -0.15) is 11.8 Å². The Balaban J connectivity index is 3.88. The van der Waals surface area contributed by atoms with Crippen molar-refractivity contribution in [2.24, 2.45) is 0 Å². The van der Waals surface area contributed by atoms with Crippen molar-refractivity contribution in [1.29, 1.82) is 0 Å². The molecule has 0 spiro atoms. The Kier molecular flexibility index (Phi) is 5.39. The van der Waals surface area contributed by atoms with Crippen LogP contribution in [-0.4, -0.2) is 10.5 Å². The SMILES string of the molecule is C=CCC(SC(C)C)C(=C)C. The van der Waals surface area contributed by atoms with Crippen LogP contribution in [0, 0.1) is 0 Å². The summed E-state index contributed by atoms with van der Waals surface area (Å²) in [5.74, 6) is 0. The van der Waals surface area contributed by atoms with E-state index in [1.165, 1.54) is 5.57 Å². The van der Waals surface area contributed by atoms with E-state index in [2.05, 4.69) is 33.9 Å². The highest BCUT2D eigenvalue weighted by atomic mass is 32.2. The van der Waals surface area contributed by atoms with Crippen molar-refractivity contribution in [3.63, 3.8) is 0 Å². The van der Waals surface area contributed by atoms with Crippen LogP contribution in [0.15, 0.2) is 24.8 Å². The minimum atomic E-state index is 0.562. The molecule has 0 aliphatic rings. The Hall–Kier alpha value is -0.170. The summed E-state index contributed by atoms with van der Waals surface area (Å²) in [6.45, 7) is 14.2. The second kappa shape index (κ2) is 5.48. The molecule has 0 aromatic heterocycles. The normalized spacial score (nSPS) is 13.1. The molecule has 0 aliphatic carbocycles. The smallest absolute Gasteiger partial charge is 0.0288 e. The first kappa shape index (κ1) is 10.8. The molecule has 0 aromatic carbocycles. The van der Waals surface area contributed by atoms with E-state index in [0.717, 1.165) is 6.42 Å². The van der Waals surface area contributed by atoms with Gasteiger partial charge in [-0.25, -0.2) is 0 Å². The zero-order valence-corrected chi connectivity index (χ0v) is 8.58. The Bertz CT molecular complexity index is 136. The van der Waals surface area contributed by atoms with Gasteiger partial charge in [0, 0.05) is 5.25 Å². The quantitative estimate of drug-likeness (QED) is 0.568. The molecular weight excluding hydrogens is 152 g/mol. The lowest BCUT2D eigenvalue weighted by Crippen LogP contribution is -2.06. The van der Waals surface area contributed by atoms with Gasteiger partial charge in [-0.3, -0.25) is 0 Å². The van der Waals surface area contributed by atoms with Crippen LogP contribution in [0.5, 0.6) is 0 Å². The lowest BCUT2D eigenvalue weighted by Gasteiger charge is -2.16. The first-order valence-corrected chi connectivity index (χ1v) is 4.94. The Morgan fingerprint density at radius 1 is 1.55 bits per heavy atom. The Morgan fingerprint density at radius 2 is 2.09 bits per heavy atom. The fraction of sp³-hybridized carbons (Fsp3) is 0.600. The minimum absolute atomic E-state index is 0.562. The maximum atomic E-state index is 3.96. The third-order valence-corrected chi connectivity index (χ3v) is 2.83. The molecule has 0 amide bonds. The molecule has 64 valence electrons. The van der Waals surface area contributed by atoms with Crippen LogP contribution in [0.4, 0.5) is 0 Å².